The summed E-state index contributed by atoms with van der Waals surface area (Å²) in [5.41, 5.74) is 10.4. The molecule has 0 spiro atoms. The van der Waals surface area contributed by atoms with Crippen LogP contribution in [0, 0.1) is 0 Å². The van der Waals surface area contributed by atoms with Crippen molar-refractivity contribution in [3.05, 3.63) is 53.1 Å². The molecule has 2 aromatic rings. The quantitative estimate of drug-likeness (QED) is 0.850. The molecule has 110 valence electrons. The third-order valence-electron chi connectivity index (χ3n) is 4.07. The van der Waals surface area contributed by atoms with E-state index in [0.717, 1.165) is 36.5 Å². The Labute approximate surface area is 124 Å². The largest absolute Gasteiger partial charge is 0.508 e. The second-order valence-electron chi connectivity index (χ2n) is 5.44. The van der Waals surface area contributed by atoms with E-state index in [1.807, 2.05) is 18.2 Å². The van der Waals surface area contributed by atoms with Crippen LogP contribution in [0.5, 0.6) is 11.5 Å². The Bertz CT molecular complexity index is 655. The number of fused-ring (bicyclic) bond motifs is 1. The molecule has 0 bridgehead atoms. The van der Waals surface area contributed by atoms with Crippen molar-refractivity contribution in [1.82, 2.24) is 4.90 Å². The van der Waals surface area contributed by atoms with E-state index in [0.29, 0.717) is 12.3 Å². The van der Waals surface area contributed by atoms with Crippen LogP contribution in [0.15, 0.2) is 36.4 Å². The summed E-state index contributed by atoms with van der Waals surface area (Å²) in [6.45, 7) is 2.47. The zero-order chi connectivity index (χ0) is 14.8. The van der Waals surface area contributed by atoms with E-state index in [1.54, 1.807) is 19.2 Å². The van der Waals surface area contributed by atoms with Crippen LogP contribution in [0.4, 0.5) is 5.69 Å². The normalized spacial score (nSPS) is 14.7. The lowest BCUT2D eigenvalue weighted by atomic mass is 9.97. The standard InChI is InChI=1S/C17H20N2O2/c1-21-14-5-6-17(20)13(9-14)10-19-8-7-12-3-2-4-16(18)15(12)11-19/h2-6,9,20H,7-8,10-11,18H2,1H3. The summed E-state index contributed by atoms with van der Waals surface area (Å²) in [6.07, 6.45) is 0.991. The van der Waals surface area contributed by atoms with Gasteiger partial charge < -0.3 is 15.6 Å². The van der Waals surface area contributed by atoms with E-state index in [1.165, 1.54) is 11.1 Å². The van der Waals surface area contributed by atoms with Crippen LogP contribution < -0.4 is 10.5 Å². The predicted molar refractivity (Wildman–Crippen MR) is 83.3 cm³/mol. The number of nitrogens with zero attached hydrogens (tertiary/aromatic N) is 1. The predicted octanol–water partition coefficient (Wildman–Crippen LogP) is 2.54. The van der Waals surface area contributed by atoms with E-state index in [9.17, 15) is 5.11 Å². The molecule has 0 saturated carbocycles. The maximum atomic E-state index is 10.0. The molecule has 3 N–H and O–H groups in total. The number of methoxy groups -OCH3 is 1. The van der Waals surface area contributed by atoms with Gasteiger partial charge in [-0.3, -0.25) is 4.90 Å². The Balaban J connectivity index is 1.80. The molecule has 4 nitrogen and oxygen atoms in total. The van der Waals surface area contributed by atoms with Crippen LogP contribution in [0.1, 0.15) is 16.7 Å². The number of aromatic hydroxyl groups is 1. The summed E-state index contributed by atoms with van der Waals surface area (Å²) < 4.78 is 5.22. The van der Waals surface area contributed by atoms with Crippen molar-refractivity contribution in [1.29, 1.82) is 0 Å². The third kappa shape index (κ3) is 2.81. The number of nitrogen functional groups attached to an aromatic ring is 1. The van der Waals surface area contributed by atoms with Gasteiger partial charge in [-0.2, -0.15) is 0 Å². The zero-order valence-electron chi connectivity index (χ0n) is 12.2. The molecule has 0 unspecified atom stereocenters. The molecule has 1 heterocycles. The Morgan fingerprint density at radius 3 is 2.95 bits per heavy atom. The number of hydrogen-bond donors (Lipinski definition) is 2. The fourth-order valence-corrected chi connectivity index (χ4v) is 2.85. The van der Waals surface area contributed by atoms with Gasteiger partial charge in [-0.15, -0.1) is 0 Å². The van der Waals surface area contributed by atoms with Crippen LogP contribution in [-0.2, 0) is 19.5 Å². The molecular weight excluding hydrogens is 264 g/mol. The zero-order valence-corrected chi connectivity index (χ0v) is 12.2. The molecule has 2 aromatic carbocycles. The van der Waals surface area contributed by atoms with Gasteiger partial charge in [0.15, 0.2) is 0 Å². The number of rotatable bonds is 3. The molecule has 0 atom stereocenters. The summed E-state index contributed by atoms with van der Waals surface area (Å²) in [6, 6.07) is 11.4. The second kappa shape index (κ2) is 5.66. The maximum Gasteiger partial charge on any atom is 0.120 e. The number of phenols is 1. The Kier molecular flexibility index (Phi) is 3.71. The molecule has 0 saturated heterocycles. The van der Waals surface area contributed by atoms with Gasteiger partial charge in [-0.05, 0) is 41.8 Å². The lowest BCUT2D eigenvalue weighted by Crippen LogP contribution is -2.30. The summed E-state index contributed by atoms with van der Waals surface area (Å²) in [5.74, 6) is 1.07. The van der Waals surface area contributed by atoms with E-state index in [-0.39, 0.29) is 0 Å². The number of hydrogen-bond acceptors (Lipinski definition) is 4. The molecule has 0 fully saturated rings. The smallest absolute Gasteiger partial charge is 0.120 e. The molecule has 0 aromatic heterocycles. The van der Waals surface area contributed by atoms with Gasteiger partial charge in [0, 0.05) is 30.9 Å². The molecule has 0 radical (unpaired) electrons. The van der Waals surface area contributed by atoms with Gasteiger partial charge in [-0.25, -0.2) is 0 Å². The maximum absolute atomic E-state index is 10.0. The van der Waals surface area contributed by atoms with Gasteiger partial charge in [0.25, 0.3) is 0 Å². The molecule has 1 aliphatic heterocycles. The number of nitrogens with two attached hydrogens (primary N) is 1. The van der Waals surface area contributed by atoms with E-state index in [4.69, 9.17) is 10.5 Å². The van der Waals surface area contributed by atoms with E-state index in [2.05, 4.69) is 11.0 Å². The van der Waals surface area contributed by atoms with E-state index >= 15 is 0 Å². The highest BCUT2D eigenvalue weighted by Crippen LogP contribution is 2.28. The van der Waals surface area contributed by atoms with Crippen molar-refractivity contribution in [3.63, 3.8) is 0 Å². The molecule has 21 heavy (non-hydrogen) atoms. The molecule has 4 heteroatoms. The molecule has 0 aliphatic carbocycles. The monoisotopic (exact) mass is 284 g/mol. The van der Waals surface area contributed by atoms with Gasteiger partial charge >= 0.3 is 0 Å². The summed E-state index contributed by atoms with van der Waals surface area (Å²) >= 11 is 0. The van der Waals surface area contributed by atoms with Crippen LogP contribution in [0.2, 0.25) is 0 Å². The number of benzene rings is 2. The first kappa shape index (κ1) is 13.8. The number of anilines is 1. The summed E-state index contributed by atoms with van der Waals surface area (Å²) in [5, 5.41) is 10.0. The van der Waals surface area contributed by atoms with Gasteiger partial charge in [0.2, 0.25) is 0 Å². The topological polar surface area (TPSA) is 58.7 Å². The fourth-order valence-electron chi connectivity index (χ4n) is 2.85. The molecule has 1 aliphatic rings. The first-order valence-corrected chi connectivity index (χ1v) is 7.12. The van der Waals surface area contributed by atoms with Crippen molar-refractivity contribution < 1.29 is 9.84 Å². The van der Waals surface area contributed by atoms with Gasteiger partial charge in [0.1, 0.15) is 11.5 Å². The van der Waals surface area contributed by atoms with Crippen molar-refractivity contribution in [2.24, 2.45) is 0 Å². The average molecular weight is 284 g/mol. The van der Waals surface area contributed by atoms with Crippen molar-refractivity contribution in [3.8, 4) is 11.5 Å². The van der Waals surface area contributed by atoms with Crippen molar-refractivity contribution >= 4 is 5.69 Å². The molecule has 0 amide bonds. The first-order valence-electron chi connectivity index (χ1n) is 7.12. The fraction of sp³-hybridized carbons (Fsp3) is 0.294. The van der Waals surface area contributed by atoms with Crippen LogP contribution in [0.25, 0.3) is 0 Å². The van der Waals surface area contributed by atoms with Crippen LogP contribution in [-0.4, -0.2) is 23.7 Å². The second-order valence-corrected chi connectivity index (χ2v) is 5.44. The first-order chi connectivity index (χ1) is 10.2. The number of phenolic OH excluding ortho intramolecular Hbond substituents is 1. The lowest BCUT2D eigenvalue weighted by Gasteiger charge is -2.29. The highest BCUT2D eigenvalue weighted by molar-refractivity contribution is 5.52. The number of ether oxygens (including phenoxy) is 1. The average Bonchev–Trinajstić information content (AvgIpc) is 2.50. The minimum atomic E-state index is 0.308. The molecule has 3 rings (SSSR count). The Hall–Kier alpha value is -2.20. The Morgan fingerprint density at radius 2 is 2.14 bits per heavy atom. The van der Waals surface area contributed by atoms with E-state index < -0.39 is 0 Å². The summed E-state index contributed by atoms with van der Waals surface area (Å²) in [7, 11) is 1.63. The summed E-state index contributed by atoms with van der Waals surface area (Å²) in [4.78, 5) is 2.30. The van der Waals surface area contributed by atoms with Crippen molar-refractivity contribution in [2.75, 3.05) is 19.4 Å². The van der Waals surface area contributed by atoms with Gasteiger partial charge in [0.05, 0.1) is 7.11 Å². The Morgan fingerprint density at radius 1 is 1.29 bits per heavy atom. The minimum Gasteiger partial charge on any atom is -0.508 e. The SMILES string of the molecule is COc1ccc(O)c(CN2CCc3cccc(N)c3C2)c1. The highest BCUT2D eigenvalue weighted by Gasteiger charge is 2.19. The van der Waals surface area contributed by atoms with Crippen LogP contribution >= 0.6 is 0 Å². The van der Waals surface area contributed by atoms with Crippen molar-refractivity contribution in [2.45, 2.75) is 19.5 Å². The van der Waals surface area contributed by atoms with Crippen LogP contribution in [0.3, 0.4) is 0 Å². The minimum absolute atomic E-state index is 0.308. The lowest BCUT2D eigenvalue weighted by molar-refractivity contribution is 0.242. The highest BCUT2D eigenvalue weighted by atomic mass is 16.5. The third-order valence-corrected chi connectivity index (χ3v) is 4.07. The van der Waals surface area contributed by atoms with Gasteiger partial charge in [-0.1, -0.05) is 12.1 Å². The molecular formula is C17H20N2O2.